The maximum Gasteiger partial charge on any atom is 0.279 e. The predicted octanol–water partition coefficient (Wildman–Crippen LogP) is 3.01. The van der Waals surface area contributed by atoms with Gasteiger partial charge in [-0.05, 0) is 29.8 Å². The van der Waals surface area contributed by atoms with Crippen molar-refractivity contribution in [2.45, 2.75) is 18.9 Å². The fourth-order valence-corrected chi connectivity index (χ4v) is 5.48. The Hall–Kier alpha value is -2.48. The molecule has 0 unspecified atom stereocenters. The van der Waals surface area contributed by atoms with Crippen LogP contribution in [0.5, 0.6) is 10.9 Å². The molecule has 1 aromatic heterocycles. The average molecular weight is 411 g/mol. The number of carbonyl (C=O) groups is 1. The average Bonchev–Trinajstić information content (AvgIpc) is 3.44. The van der Waals surface area contributed by atoms with Crippen molar-refractivity contribution < 1.29 is 19.1 Å². The minimum Gasteiger partial charge on any atom is -0.431 e. The highest BCUT2D eigenvalue weighted by molar-refractivity contribution is 7.20. The van der Waals surface area contributed by atoms with Crippen LogP contribution in [0.1, 0.15) is 12.0 Å². The highest BCUT2D eigenvalue weighted by atomic mass is 32.1. The molecular weight excluding hydrogens is 386 g/mol. The molecule has 1 amide bonds. The third kappa shape index (κ3) is 3.61. The van der Waals surface area contributed by atoms with E-state index >= 15 is 0 Å². The van der Waals surface area contributed by atoms with Crippen molar-refractivity contribution in [1.82, 2.24) is 9.88 Å². The molecule has 29 heavy (non-hydrogen) atoms. The fourth-order valence-electron chi connectivity index (χ4n) is 4.65. The monoisotopic (exact) mass is 410 g/mol. The van der Waals surface area contributed by atoms with Gasteiger partial charge >= 0.3 is 0 Å². The Kier molecular flexibility index (Phi) is 4.73. The molecular formula is C22H24N3O3S+. The van der Waals surface area contributed by atoms with Gasteiger partial charge in [0.25, 0.3) is 11.1 Å². The largest absolute Gasteiger partial charge is 0.431 e. The normalized spacial score (nSPS) is 23.1. The number of thiazole rings is 1. The third-order valence-electron chi connectivity index (χ3n) is 6.14. The Balaban J connectivity index is 1.25. The van der Waals surface area contributed by atoms with E-state index in [1.807, 2.05) is 35.2 Å². The molecule has 3 heterocycles. The molecule has 0 aliphatic carbocycles. The number of para-hydroxylation sites is 1. The van der Waals surface area contributed by atoms with E-state index in [4.69, 9.17) is 4.74 Å². The van der Waals surface area contributed by atoms with Gasteiger partial charge in [0.15, 0.2) is 6.67 Å². The number of hydrogen-bond donors (Lipinski definition) is 1. The first-order valence-corrected chi connectivity index (χ1v) is 10.8. The zero-order chi connectivity index (χ0) is 19.8. The summed E-state index contributed by atoms with van der Waals surface area (Å²) in [6, 6.07) is 16.5. The molecule has 0 spiro atoms. The van der Waals surface area contributed by atoms with E-state index < -0.39 is 0 Å². The summed E-state index contributed by atoms with van der Waals surface area (Å²) in [6.45, 7) is 3.46. The van der Waals surface area contributed by atoms with E-state index in [1.54, 1.807) is 11.3 Å². The molecule has 7 heteroatoms. The summed E-state index contributed by atoms with van der Waals surface area (Å²) < 4.78 is 8.08. The van der Waals surface area contributed by atoms with Crippen LogP contribution in [-0.4, -0.2) is 64.3 Å². The molecule has 1 N–H and O–H groups in total. The Labute approximate surface area is 173 Å². The maximum atomic E-state index is 11.9. The second kappa shape index (κ2) is 7.40. The molecule has 2 aliphatic heterocycles. The smallest absolute Gasteiger partial charge is 0.279 e. The summed E-state index contributed by atoms with van der Waals surface area (Å²) in [6.07, 6.45) is 1.97. The maximum absolute atomic E-state index is 11.9. The first kappa shape index (κ1) is 18.5. The van der Waals surface area contributed by atoms with Crippen LogP contribution in [0.2, 0.25) is 0 Å². The van der Waals surface area contributed by atoms with Gasteiger partial charge in [-0.15, -0.1) is 0 Å². The number of aromatic nitrogens is 1. The van der Waals surface area contributed by atoms with Crippen LogP contribution in [0.25, 0.3) is 10.2 Å². The first-order valence-electron chi connectivity index (χ1n) is 10.0. The van der Waals surface area contributed by atoms with Gasteiger partial charge in [0, 0.05) is 12.8 Å². The van der Waals surface area contributed by atoms with Gasteiger partial charge in [0.2, 0.25) is 0 Å². The molecule has 2 aromatic carbocycles. The standard InChI is InChI=1S/C22H24N3O3S/c26-14-21(27)24-15-25(11-9-17(24)13-25)10-8-16-4-3-5-18(12-16)28-22-23-19-6-1-2-7-20(19)29-22/h1-7,12,17,26H,8-11,13-15H2/q+1/t17-,25-/m0/s1. The second-order valence-corrected chi connectivity index (χ2v) is 9.02. The van der Waals surface area contributed by atoms with E-state index in [0.717, 1.165) is 59.6 Å². The third-order valence-corrected chi connectivity index (χ3v) is 7.05. The van der Waals surface area contributed by atoms with Crippen molar-refractivity contribution in [3.8, 4) is 10.9 Å². The lowest BCUT2D eigenvalue weighted by Crippen LogP contribution is -2.51. The lowest BCUT2D eigenvalue weighted by Gasteiger charge is -2.34. The Morgan fingerprint density at radius 1 is 1.28 bits per heavy atom. The van der Waals surface area contributed by atoms with Crippen molar-refractivity contribution in [3.63, 3.8) is 0 Å². The van der Waals surface area contributed by atoms with Crippen LogP contribution in [0, 0.1) is 0 Å². The number of aliphatic hydroxyl groups excluding tert-OH is 1. The summed E-state index contributed by atoms with van der Waals surface area (Å²) in [5.74, 6) is 0.667. The van der Waals surface area contributed by atoms with Gasteiger partial charge in [0.1, 0.15) is 18.9 Å². The number of carbonyl (C=O) groups excluding carboxylic acids is 1. The number of aliphatic hydroxyl groups is 1. The summed E-state index contributed by atoms with van der Waals surface area (Å²) in [4.78, 5) is 18.4. The van der Waals surface area contributed by atoms with Crippen LogP contribution < -0.4 is 4.74 Å². The van der Waals surface area contributed by atoms with Crippen LogP contribution in [0.3, 0.4) is 0 Å². The van der Waals surface area contributed by atoms with Crippen LogP contribution >= 0.6 is 11.3 Å². The molecule has 2 saturated heterocycles. The topological polar surface area (TPSA) is 62.7 Å². The van der Waals surface area contributed by atoms with Crippen molar-refractivity contribution >= 4 is 27.5 Å². The molecule has 2 bridgehead atoms. The van der Waals surface area contributed by atoms with Crippen molar-refractivity contribution in [1.29, 1.82) is 0 Å². The molecule has 2 aliphatic rings. The summed E-state index contributed by atoms with van der Waals surface area (Å²) in [7, 11) is 0. The van der Waals surface area contributed by atoms with Crippen molar-refractivity contribution in [3.05, 3.63) is 54.1 Å². The van der Waals surface area contributed by atoms with Gasteiger partial charge in [-0.25, -0.2) is 4.98 Å². The zero-order valence-corrected chi connectivity index (χ0v) is 17.0. The molecule has 2 atom stereocenters. The van der Waals surface area contributed by atoms with E-state index in [-0.39, 0.29) is 12.5 Å². The Morgan fingerprint density at radius 2 is 2.17 bits per heavy atom. The summed E-state index contributed by atoms with van der Waals surface area (Å²) >= 11 is 1.55. The quantitative estimate of drug-likeness (QED) is 0.635. The molecule has 3 aromatic rings. The molecule has 0 saturated carbocycles. The van der Waals surface area contributed by atoms with Crippen molar-refractivity contribution in [2.75, 3.05) is 32.9 Å². The van der Waals surface area contributed by atoms with Crippen molar-refractivity contribution in [2.24, 2.45) is 0 Å². The number of hydrogen-bond acceptors (Lipinski definition) is 5. The SMILES string of the molecule is O=C(CO)N1C[N@@+]2(CCc3cccc(Oc4nc5ccccc5s4)c3)CC[C@H]1C2. The number of quaternary nitrogens is 1. The molecule has 0 radical (unpaired) electrons. The van der Waals surface area contributed by atoms with Gasteiger partial charge in [-0.2, -0.15) is 0 Å². The first-order chi connectivity index (χ1) is 14.1. The van der Waals surface area contributed by atoms with Gasteiger partial charge in [-0.3, -0.25) is 9.69 Å². The lowest BCUT2D eigenvalue weighted by atomic mass is 10.1. The lowest BCUT2D eigenvalue weighted by molar-refractivity contribution is -0.913. The zero-order valence-electron chi connectivity index (χ0n) is 16.2. The minimum atomic E-state index is -0.387. The highest BCUT2D eigenvalue weighted by Gasteiger charge is 2.50. The Morgan fingerprint density at radius 3 is 3.03 bits per heavy atom. The van der Waals surface area contributed by atoms with Gasteiger partial charge in [-0.1, -0.05) is 35.6 Å². The van der Waals surface area contributed by atoms with Crippen LogP contribution in [0.4, 0.5) is 0 Å². The number of benzene rings is 2. The summed E-state index contributed by atoms with van der Waals surface area (Å²) in [5.41, 5.74) is 2.19. The highest BCUT2D eigenvalue weighted by Crippen LogP contribution is 2.34. The van der Waals surface area contributed by atoms with Gasteiger partial charge in [0.05, 0.1) is 29.3 Å². The second-order valence-electron chi connectivity index (χ2n) is 8.02. The van der Waals surface area contributed by atoms with Crippen LogP contribution in [0.15, 0.2) is 48.5 Å². The number of nitrogens with zero attached hydrogens (tertiary/aromatic N) is 3. The Bertz CT molecular complexity index is 1020. The number of amides is 1. The predicted molar refractivity (Wildman–Crippen MR) is 112 cm³/mol. The van der Waals surface area contributed by atoms with E-state index in [1.165, 1.54) is 5.56 Å². The molecule has 6 nitrogen and oxygen atoms in total. The minimum absolute atomic E-state index is 0.138. The fraction of sp³-hybridized carbons (Fsp3) is 0.364. The number of ether oxygens (including phenoxy) is 1. The molecule has 150 valence electrons. The number of rotatable bonds is 6. The van der Waals surface area contributed by atoms with Crippen LogP contribution in [-0.2, 0) is 11.2 Å². The van der Waals surface area contributed by atoms with E-state index in [9.17, 15) is 9.90 Å². The number of fused-ring (bicyclic) bond motifs is 3. The summed E-state index contributed by atoms with van der Waals surface area (Å²) in [5, 5.41) is 9.85. The van der Waals surface area contributed by atoms with E-state index in [0.29, 0.717) is 11.2 Å². The molecule has 2 fully saturated rings. The van der Waals surface area contributed by atoms with Gasteiger partial charge < -0.3 is 14.3 Å². The molecule has 5 rings (SSSR count). The van der Waals surface area contributed by atoms with E-state index in [2.05, 4.69) is 23.2 Å².